The van der Waals surface area contributed by atoms with Gasteiger partial charge in [0.1, 0.15) is 16.6 Å². The number of hydrogen-bond acceptors (Lipinski definition) is 4. The number of ether oxygens (including phenoxy) is 1. The Morgan fingerprint density at radius 3 is 2.36 bits per heavy atom. The van der Waals surface area contributed by atoms with Crippen molar-refractivity contribution >= 4 is 40.6 Å². The third-order valence-electron chi connectivity index (χ3n) is 4.91. The van der Waals surface area contributed by atoms with Crippen LogP contribution < -0.4 is 15.8 Å². The van der Waals surface area contributed by atoms with Crippen LogP contribution in [-0.4, -0.2) is 23.8 Å². The number of anilines is 1. The highest BCUT2D eigenvalue weighted by Crippen LogP contribution is 2.33. The number of benzene rings is 3. The molecule has 0 aliphatic rings. The summed E-state index contributed by atoms with van der Waals surface area (Å²) in [6.07, 6.45) is -4.89. The monoisotopic (exact) mass is 584 g/mol. The van der Waals surface area contributed by atoms with E-state index in [0.717, 1.165) is 6.07 Å². The standard InChI is InChI=1S/C27H19Cl2F5N2O3/c1-26(2,35)8-7-14-3-5-20(23(29)24(14)31)36-22(37)13-39-21-6-4-17(28)12-19(21)25(38)15-9-16(27(32,33)34)11-18(30)10-15/h3-6,9-12H,13,35H2,1-2H3,(H,36,37). The van der Waals surface area contributed by atoms with E-state index in [2.05, 4.69) is 17.2 Å². The van der Waals surface area contributed by atoms with Crippen LogP contribution in [0.3, 0.4) is 0 Å². The first-order chi connectivity index (χ1) is 18.0. The molecule has 5 nitrogen and oxygen atoms in total. The lowest BCUT2D eigenvalue weighted by Gasteiger charge is -2.14. The van der Waals surface area contributed by atoms with Gasteiger partial charge in [0.25, 0.3) is 5.91 Å². The van der Waals surface area contributed by atoms with Gasteiger partial charge in [-0.1, -0.05) is 35.0 Å². The van der Waals surface area contributed by atoms with Gasteiger partial charge >= 0.3 is 6.18 Å². The molecular weight excluding hydrogens is 566 g/mol. The molecule has 0 spiro atoms. The number of amides is 1. The predicted molar refractivity (Wildman–Crippen MR) is 137 cm³/mol. The minimum Gasteiger partial charge on any atom is -0.483 e. The molecule has 12 heteroatoms. The summed E-state index contributed by atoms with van der Waals surface area (Å²) in [5.41, 5.74) is 2.47. The summed E-state index contributed by atoms with van der Waals surface area (Å²) in [6.45, 7) is 2.55. The Bertz CT molecular complexity index is 1510. The summed E-state index contributed by atoms with van der Waals surface area (Å²) in [7, 11) is 0. The molecule has 0 aromatic heterocycles. The molecule has 0 saturated carbocycles. The van der Waals surface area contributed by atoms with Gasteiger partial charge in [-0.15, -0.1) is 0 Å². The van der Waals surface area contributed by atoms with Crippen molar-refractivity contribution < 1.29 is 36.3 Å². The van der Waals surface area contributed by atoms with Crippen molar-refractivity contribution in [3.8, 4) is 17.6 Å². The number of carbonyl (C=O) groups is 2. The minimum atomic E-state index is -4.89. The first kappa shape index (κ1) is 29.9. The van der Waals surface area contributed by atoms with E-state index in [1.54, 1.807) is 13.8 Å². The Balaban J connectivity index is 1.80. The van der Waals surface area contributed by atoms with Crippen LogP contribution in [0, 0.1) is 23.5 Å². The molecule has 204 valence electrons. The molecular formula is C27H19Cl2F5N2O3. The van der Waals surface area contributed by atoms with Crippen LogP contribution >= 0.6 is 23.2 Å². The second kappa shape index (κ2) is 11.6. The third-order valence-corrected chi connectivity index (χ3v) is 5.51. The van der Waals surface area contributed by atoms with Gasteiger partial charge in [0.15, 0.2) is 18.2 Å². The molecule has 0 atom stereocenters. The van der Waals surface area contributed by atoms with Crippen molar-refractivity contribution in [1.82, 2.24) is 0 Å². The molecule has 3 aromatic rings. The van der Waals surface area contributed by atoms with E-state index in [-0.39, 0.29) is 33.7 Å². The fourth-order valence-electron chi connectivity index (χ4n) is 3.15. The topological polar surface area (TPSA) is 81.4 Å². The van der Waals surface area contributed by atoms with Crippen molar-refractivity contribution in [3.05, 3.63) is 92.5 Å². The van der Waals surface area contributed by atoms with Gasteiger partial charge in [0, 0.05) is 10.6 Å². The second-order valence-corrected chi connectivity index (χ2v) is 9.61. The van der Waals surface area contributed by atoms with Gasteiger partial charge in [-0.3, -0.25) is 9.59 Å². The smallest absolute Gasteiger partial charge is 0.416 e. The number of hydrogen-bond donors (Lipinski definition) is 2. The molecule has 3 rings (SSSR count). The van der Waals surface area contributed by atoms with Crippen LogP contribution in [0.15, 0.2) is 48.5 Å². The zero-order chi connectivity index (χ0) is 29.1. The second-order valence-electron chi connectivity index (χ2n) is 8.79. The van der Waals surface area contributed by atoms with Gasteiger partial charge in [-0.05, 0) is 62.4 Å². The maximum absolute atomic E-state index is 14.6. The first-order valence-electron chi connectivity index (χ1n) is 11.0. The van der Waals surface area contributed by atoms with Crippen LogP contribution in [0.25, 0.3) is 0 Å². The highest BCUT2D eigenvalue weighted by Gasteiger charge is 2.32. The van der Waals surface area contributed by atoms with Crippen LogP contribution in [0.2, 0.25) is 10.0 Å². The van der Waals surface area contributed by atoms with E-state index < -0.39 is 57.8 Å². The SMILES string of the molecule is CC(C)(N)C#Cc1ccc(NC(=O)COc2ccc(Cl)cc2C(=O)c2cc(F)cc(C(F)(F)F)c2)c(Cl)c1F. The highest BCUT2D eigenvalue weighted by atomic mass is 35.5. The largest absolute Gasteiger partial charge is 0.483 e. The molecule has 3 N–H and O–H groups in total. The van der Waals surface area contributed by atoms with E-state index in [4.69, 9.17) is 33.7 Å². The van der Waals surface area contributed by atoms with Crippen LogP contribution in [-0.2, 0) is 11.0 Å². The number of halogens is 7. The predicted octanol–water partition coefficient (Wildman–Crippen LogP) is 6.63. The van der Waals surface area contributed by atoms with Gasteiger partial charge in [-0.25, -0.2) is 8.78 Å². The Kier molecular flexibility index (Phi) is 8.91. The lowest BCUT2D eigenvalue weighted by atomic mass is 10.00. The third kappa shape index (κ3) is 7.93. The summed E-state index contributed by atoms with van der Waals surface area (Å²) in [5, 5.41) is 1.97. The Morgan fingerprint density at radius 2 is 1.72 bits per heavy atom. The van der Waals surface area contributed by atoms with Crippen molar-refractivity contribution in [3.63, 3.8) is 0 Å². The Labute approximate surface area is 230 Å². The van der Waals surface area contributed by atoms with Crippen LogP contribution in [0.1, 0.15) is 40.9 Å². The number of alkyl halides is 3. The normalized spacial score (nSPS) is 11.4. The molecule has 39 heavy (non-hydrogen) atoms. The molecule has 0 bridgehead atoms. The zero-order valence-electron chi connectivity index (χ0n) is 20.3. The lowest BCUT2D eigenvalue weighted by molar-refractivity contribution is -0.137. The van der Waals surface area contributed by atoms with Crippen molar-refractivity contribution in [2.75, 3.05) is 11.9 Å². The van der Waals surface area contributed by atoms with Gasteiger partial charge in [-0.2, -0.15) is 13.2 Å². The summed E-state index contributed by atoms with van der Waals surface area (Å²) in [6, 6.07) is 7.61. The van der Waals surface area contributed by atoms with E-state index in [1.807, 2.05) is 0 Å². The molecule has 1 amide bonds. The van der Waals surface area contributed by atoms with E-state index >= 15 is 0 Å². The highest BCUT2D eigenvalue weighted by molar-refractivity contribution is 6.34. The van der Waals surface area contributed by atoms with Crippen molar-refractivity contribution in [1.29, 1.82) is 0 Å². The van der Waals surface area contributed by atoms with Crippen LogP contribution in [0.4, 0.5) is 27.6 Å². The summed E-state index contributed by atoms with van der Waals surface area (Å²) in [5.74, 6) is 1.02. The minimum absolute atomic E-state index is 0.0334. The molecule has 0 aliphatic heterocycles. The summed E-state index contributed by atoms with van der Waals surface area (Å²) in [4.78, 5) is 25.4. The fraction of sp³-hybridized carbons (Fsp3) is 0.185. The fourth-order valence-corrected chi connectivity index (χ4v) is 3.53. The molecule has 0 fully saturated rings. The zero-order valence-corrected chi connectivity index (χ0v) is 21.8. The van der Waals surface area contributed by atoms with Crippen molar-refractivity contribution in [2.24, 2.45) is 5.73 Å². The molecule has 0 unspecified atom stereocenters. The van der Waals surface area contributed by atoms with E-state index in [1.165, 1.54) is 24.3 Å². The molecule has 0 heterocycles. The van der Waals surface area contributed by atoms with Gasteiger partial charge in [0.2, 0.25) is 0 Å². The summed E-state index contributed by atoms with van der Waals surface area (Å²) < 4.78 is 73.1. The average Bonchev–Trinajstić information content (AvgIpc) is 2.83. The van der Waals surface area contributed by atoms with Gasteiger partial charge in [0.05, 0.1) is 27.9 Å². The lowest BCUT2D eigenvalue weighted by Crippen LogP contribution is -2.29. The number of carbonyl (C=O) groups excluding carboxylic acids is 2. The molecule has 0 radical (unpaired) electrons. The maximum atomic E-state index is 14.6. The molecule has 0 aliphatic carbocycles. The van der Waals surface area contributed by atoms with E-state index in [0.29, 0.717) is 12.1 Å². The summed E-state index contributed by atoms with van der Waals surface area (Å²) >= 11 is 12.0. The Morgan fingerprint density at radius 1 is 1.03 bits per heavy atom. The number of ketones is 1. The number of rotatable bonds is 6. The first-order valence-corrected chi connectivity index (χ1v) is 11.8. The number of nitrogens with one attached hydrogen (secondary N) is 1. The number of nitrogens with two attached hydrogens (primary N) is 1. The Hall–Kier alpha value is -3.65. The average molecular weight is 585 g/mol. The van der Waals surface area contributed by atoms with Crippen LogP contribution in [0.5, 0.6) is 5.75 Å². The molecule has 0 saturated heterocycles. The van der Waals surface area contributed by atoms with Crippen molar-refractivity contribution in [2.45, 2.75) is 25.6 Å². The quantitative estimate of drug-likeness (QED) is 0.194. The van der Waals surface area contributed by atoms with E-state index in [9.17, 15) is 31.5 Å². The van der Waals surface area contributed by atoms with Gasteiger partial charge < -0.3 is 15.8 Å². The molecule has 3 aromatic carbocycles. The maximum Gasteiger partial charge on any atom is 0.416 e.